The van der Waals surface area contributed by atoms with Crippen LogP contribution in [0.2, 0.25) is 0 Å². The molecular weight excluding hydrogens is 423 g/mol. The van der Waals surface area contributed by atoms with Gasteiger partial charge >= 0.3 is 12.3 Å². The fourth-order valence-electron chi connectivity index (χ4n) is 4.21. The summed E-state index contributed by atoms with van der Waals surface area (Å²) in [5.74, 6) is -1.41. The molecule has 1 aliphatic rings. The monoisotopic (exact) mass is 449 g/mol. The molecule has 0 aliphatic carbocycles. The van der Waals surface area contributed by atoms with Gasteiger partial charge in [-0.1, -0.05) is 26.0 Å². The lowest BCUT2D eigenvalue weighted by molar-refractivity contribution is -0.274. The average Bonchev–Trinajstić information content (AvgIpc) is 2.66. The van der Waals surface area contributed by atoms with Crippen molar-refractivity contribution in [1.82, 2.24) is 0 Å². The molecule has 2 aromatic carbocycles. The van der Waals surface area contributed by atoms with Gasteiger partial charge in [-0.05, 0) is 60.7 Å². The number of carboxylic acid groups (broad SMARTS) is 1. The van der Waals surface area contributed by atoms with E-state index in [-0.39, 0.29) is 30.1 Å². The Morgan fingerprint density at radius 3 is 2.47 bits per heavy atom. The zero-order valence-electron chi connectivity index (χ0n) is 18.5. The van der Waals surface area contributed by atoms with Crippen LogP contribution in [-0.4, -0.2) is 29.9 Å². The number of hydrogen-bond acceptors (Lipinski definition) is 3. The van der Waals surface area contributed by atoms with E-state index in [1.54, 1.807) is 17.9 Å². The Morgan fingerprint density at radius 1 is 1.19 bits per heavy atom. The highest BCUT2D eigenvalue weighted by molar-refractivity contribution is 5.99. The van der Waals surface area contributed by atoms with Crippen molar-refractivity contribution in [2.24, 2.45) is 0 Å². The van der Waals surface area contributed by atoms with Gasteiger partial charge in [0, 0.05) is 36.1 Å². The number of benzene rings is 2. The molecule has 0 spiro atoms. The summed E-state index contributed by atoms with van der Waals surface area (Å²) in [5.41, 5.74) is 3.25. The zero-order chi connectivity index (χ0) is 23.8. The van der Waals surface area contributed by atoms with Crippen molar-refractivity contribution in [3.05, 3.63) is 47.0 Å². The predicted octanol–water partition coefficient (Wildman–Crippen LogP) is 5.61. The minimum absolute atomic E-state index is 0.0400. The van der Waals surface area contributed by atoms with Gasteiger partial charge in [0.2, 0.25) is 5.91 Å². The normalized spacial score (nSPS) is 15.5. The van der Waals surface area contributed by atoms with Crippen LogP contribution in [0.15, 0.2) is 30.3 Å². The fourth-order valence-corrected chi connectivity index (χ4v) is 4.21. The summed E-state index contributed by atoms with van der Waals surface area (Å²) in [5, 5.41) is 8.96. The van der Waals surface area contributed by atoms with Gasteiger partial charge < -0.3 is 14.7 Å². The number of carbonyl (C=O) groups excluding carboxylic acids is 1. The molecule has 1 aliphatic heterocycles. The Balaban J connectivity index is 2.21. The van der Waals surface area contributed by atoms with Crippen LogP contribution >= 0.6 is 0 Å². The van der Waals surface area contributed by atoms with Crippen molar-refractivity contribution in [1.29, 1.82) is 0 Å². The molecule has 172 valence electrons. The number of carboxylic acids is 1. The van der Waals surface area contributed by atoms with Gasteiger partial charge in [0.05, 0.1) is 0 Å². The van der Waals surface area contributed by atoms with E-state index < -0.39 is 17.7 Å². The second-order valence-corrected chi connectivity index (χ2v) is 8.65. The lowest BCUT2D eigenvalue weighted by atomic mass is 9.75. The largest absolute Gasteiger partial charge is 0.573 e. The summed E-state index contributed by atoms with van der Waals surface area (Å²) in [6, 6.07) is 7.84. The standard InChI is InChI=1S/C24H26F3NO4/c1-5-28-19-12-16(14(2)10-18(19)23(3,4)13-21(28)29)17-11-15(7-9-22(30)31)6-8-20(17)32-24(25,26)27/h6,8,10-12H,5,7,9,13H2,1-4H3,(H,30,31). The van der Waals surface area contributed by atoms with Crippen molar-refractivity contribution in [2.75, 3.05) is 11.4 Å². The Hall–Kier alpha value is -3.03. The first-order valence-electron chi connectivity index (χ1n) is 10.4. The van der Waals surface area contributed by atoms with E-state index >= 15 is 0 Å². The summed E-state index contributed by atoms with van der Waals surface area (Å²) in [6.45, 7) is 8.04. The molecular formula is C24H26F3NO4. The number of nitrogens with zero attached hydrogens (tertiary/aromatic N) is 1. The molecule has 32 heavy (non-hydrogen) atoms. The lowest BCUT2D eigenvalue weighted by Gasteiger charge is -2.39. The molecule has 0 fully saturated rings. The number of amides is 1. The van der Waals surface area contributed by atoms with Crippen LogP contribution in [0.5, 0.6) is 5.75 Å². The van der Waals surface area contributed by atoms with Crippen LogP contribution in [0, 0.1) is 6.92 Å². The van der Waals surface area contributed by atoms with Crippen molar-refractivity contribution < 1.29 is 32.6 Å². The highest BCUT2D eigenvalue weighted by Crippen LogP contribution is 2.45. The van der Waals surface area contributed by atoms with Crippen LogP contribution < -0.4 is 9.64 Å². The highest BCUT2D eigenvalue weighted by Gasteiger charge is 2.37. The highest BCUT2D eigenvalue weighted by atomic mass is 19.4. The molecule has 8 heteroatoms. The number of alkyl halides is 3. The van der Waals surface area contributed by atoms with Gasteiger partial charge in [-0.3, -0.25) is 9.59 Å². The molecule has 0 bridgehead atoms. The number of rotatable bonds is 6. The van der Waals surface area contributed by atoms with Crippen molar-refractivity contribution >= 4 is 17.6 Å². The quantitative estimate of drug-likeness (QED) is 0.622. The van der Waals surface area contributed by atoms with Crippen molar-refractivity contribution in [2.45, 2.75) is 58.7 Å². The minimum atomic E-state index is -4.88. The Kier molecular flexibility index (Phi) is 6.26. The molecule has 5 nitrogen and oxygen atoms in total. The molecule has 0 saturated carbocycles. The number of anilines is 1. The number of fused-ring (bicyclic) bond motifs is 1. The van der Waals surface area contributed by atoms with Crippen LogP contribution in [0.4, 0.5) is 18.9 Å². The topological polar surface area (TPSA) is 66.8 Å². The summed E-state index contributed by atoms with van der Waals surface area (Å²) < 4.78 is 43.5. The van der Waals surface area contributed by atoms with E-state index in [2.05, 4.69) is 4.74 Å². The Labute approximate surface area is 184 Å². The van der Waals surface area contributed by atoms with Gasteiger partial charge in [-0.15, -0.1) is 13.2 Å². The first-order valence-corrected chi connectivity index (χ1v) is 10.4. The van der Waals surface area contributed by atoms with Crippen LogP contribution in [-0.2, 0) is 21.4 Å². The SMILES string of the molecule is CCN1C(=O)CC(C)(C)c2cc(C)c(-c3cc(CCC(=O)O)ccc3OC(F)(F)F)cc21. The molecule has 3 rings (SSSR count). The van der Waals surface area contributed by atoms with E-state index in [0.717, 1.165) is 11.1 Å². The number of aryl methyl sites for hydroxylation is 2. The van der Waals surface area contributed by atoms with Gasteiger partial charge in [0.25, 0.3) is 0 Å². The second-order valence-electron chi connectivity index (χ2n) is 8.65. The number of carbonyl (C=O) groups is 2. The number of hydrogen-bond donors (Lipinski definition) is 1. The first-order chi connectivity index (χ1) is 14.8. The van der Waals surface area contributed by atoms with Crippen molar-refractivity contribution in [3.63, 3.8) is 0 Å². The Morgan fingerprint density at radius 2 is 1.88 bits per heavy atom. The third-order valence-corrected chi connectivity index (χ3v) is 5.76. The molecule has 1 N–H and O–H groups in total. The average molecular weight is 449 g/mol. The molecule has 1 heterocycles. The van der Waals surface area contributed by atoms with Gasteiger partial charge in [-0.2, -0.15) is 0 Å². The fraction of sp³-hybridized carbons (Fsp3) is 0.417. The maximum Gasteiger partial charge on any atom is 0.573 e. The van der Waals surface area contributed by atoms with Gasteiger partial charge in [0.15, 0.2) is 0 Å². The smallest absolute Gasteiger partial charge is 0.481 e. The third-order valence-electron chi connectivity index (χ3n) is 5.76. The minimum Gasteiger partial charge on any atom is -0.481 e. The molecule has 0 radical (unpaired) electrons. The number of halogens is 3. The van der Waals surface area contributed by atoms with Crippen molar-refractivity contribution in [3.8, 4) is 16.9 Å². The van der Waals surface area contributed by atoms with Crippen LogP contribution in [0.1, 0.15) is 50.3 Å². The summed E-state index contributed by atoms with van der Waals surface area (Å²) in [7, 11) is 0. The molecule has 0 aromatic heterocycles. The van der Waals surface area contributed by atoms with Crippen LogP contribution in [0.3, 0.4) is 0 Å². The van der Waals surface area contributed by atoms with E-state index in [9.17, 15) is 22.8 Å². The first kappa shape index (κ1) is 23.6. The lowest BCUT2D eigenvalue weighted by Crippen LogP contribution is -2.41. The van der Waals surface area contributed by atoms with Crippen LogP contribution in [0.25, 0.3) is 11.1 Å². The Bertz CT molecular complexity index is 1060. The zero-order valence-corrected chi connectivity index (χ0v) is 18.5. The summed E-state index contributed by atoms with van der Waals surface area (Å²) >= 11 is 0. The van der Waals surface area contributed by atoms with E-state index in [0.29, 0.717) is 29.8 Å². The van der Waals surface area contributed by atoms with Gasteiger partial charge in [0.1, 0.15) is 5.75 Å². The van der Waals surface area contributed by atoms with E-state index in [1.807, 2.05) is 26.8 Å². The third kappa shape index (κ3) is 4.89. The summed E-state index contributed by atoms with van der Waals surface area (Å²) in [4.78, 5) is 25.3. The molecule has 0 atom stereocenters. The summed E-state index contributed by atoms with van der Waals surface area (Å²) in [6.07, 6.45) is -4.51. The number of aliphatic carboxylic acids is 1. The maximum atomic E-state index is 13.1. The molecule has 0 saturated heterocycles. The number of ether oxygens (including phenoxy) is 1. The van der Waals surface area contributed by atoms with E-state index in [4.69, 9.17) is 5.11 Å². The van der Waals surface area contributed by atoms with E-state index in [1.165, 1.54) is 18.2 Å². The molecule has 0 unspecified atom stereocenters. The van der Waals surface area contributed by atoms with Gasteiger partial charge in [-0.25, -0.2) is 0 Å². The maximum absolute atomic E-state index is 13.1. The molecule has 2 aromatic rings. The second kappa shape index (κ2) is 8.48. The molecule has 1 amide bonds. The predicted molar refractivity (Wildman–Crippen MR) is 115 cm³/mol.